The van der Waals surface area contributed by atoms with E-state index in [2.05, 4.69) is 22.0 Å². The molecule has 2 aromatic rings. The monoisotopic (exact) mass is 302 g/mol. The molecule has 0 N–H and O–H groups in total. The number of aryl methyl sites for hydroxylation is 1. The van der Waals surface area contributed by atoms with Crippen molar-refractivity contribution in [1.29, 1.82) is 0 Å². The molecule has 0 aromatic heterocycles. The Balaban J connectivity index is 1.86. The van der Waals surface area contributed by atoms with Gasteiger partial charge < -0.3 is 0 Å². The van der Waals surface area contributed by atoms with Gasteiger partial charge in [-0.25, -0.2) is 0 Å². The number of ketones is 1. The molecule has 0 aliphatic heterocycles. The predicted octanol–water partition coefficient (Wildman–Crippen LogP) is 4.65. The zero-order chi connectivity index (χ0) is 12.8. The van der Waals surface area contributed by atoms with Crippen LogP contribution in [0.4, 0.5) is 0 Å². The maximum atomic E-state index is 11.9. The summed E-state index contributed by atoms with van der Waals surface area (Å²) in [6, 6.07) is 17.6. The van der Waals surface area contributed by atoms with Gasteiger partial charge in [0, 0.05) is 16.5 Å². The lowest BCUT2D eigenvalue weighted by atomic mass is 10.0. The molecular formula is C16H15BrO. The third-order valence-corrected chi connectivity index (χ3v) is 3.68. The van der Waals surface area contributed by atoms with Crippen molar-refractivity contribution in [2.24, 2.45) is 0 Å². The Hall–Kier alpha value is -1.41. The van der Waals surface area contributed by atoms with Crippen molar-refractivity contribution in [3.63, 3.8) is 0 Å². The van der Waals surface area contributed by atoms with Crippen molar-refractivity contribution in [1.82, 2.24) is 0 Å². The minimum Gasteiger partial charge on any atom is -0.294 e. The van der Waals surface area contributed by atoms with Crippen molar-refractivity contribution in [3.05, 3.63) is 70.2 Å². The van der Waals surface area contributed by atoms with Crippen molar-refractivity contribution in [2.45, 2.75) is 19.3 Å². The van der Waals surface area contributed by atoms with Crippen molar-refractivity contribution in [2.75, 3.05) is 0 Å². The molecule has 0 atom stereocenters. The molecule has 2 rings (SSSR count). The fraction of sp³-hybridized carbons (Fsp3) is 0.188. The second-order valence-electron chi connectivity index (χ2n) is 4.23. The minimum atomic E-state index is 0.225. The van der Waals surface area contributed by atoms with Gasteiger partial charge in [-0.2, -0.15) is 0 Å². The molecule has 0 saturated carbocycles. The summed E-state index contributed by atoms with van der Waals surface area (Å²) in [5, 5.41) is 0. The van der Waals surface area contributed by atoms with Crippen LogP contribution in [0.15, 0.2) is 59.1 Å². The van der Waals surface area contributed by atoms with Crippen LogP contribution < -0.4 is 0 Å². The maximum Gasteiger partial charge on any atom is 0.162 e. The normalized spacial score (nSPS) is 10.3. The van der Waals surface area contributed by atoms with E-state index in [4.69, 9.17) is 0 Å². The largest absolute Gasteiger partial charge is 0.294 e. The van der Waals surface area contributed by atoms with Crippen LogP contribution >= 0.6 is 15.9 Å². The third kappa shape index (κ3) is 3.54. The SMILES string of the molecule is O=C(CCCc1ccccc1Br)c1ccccc1. The standard InChI is InChI=1S/C16H15BrO/c17-15-11-5-4-7-13(15)10-6-12-16(18)14-8-2-1-3-9-14/h1-5,7-9,11H,6,10,12H2. The second-order valence-corrected chi connectivity index (χ2v) is 5.09. The van der Waals surface area contributed by atoms with Crippen LogP contribution in [0.25, 0.3) is 0 Å². The van der Waals surface area contributed by atoms with Crippen LogP contribution in [-0.2, 0) is 6.42 Å². The van der Waals surface area contributed by atoms with Gasteiger partial charge >= 0.3 is 0 Å². The van der Waals surface area contributed by atoms with Crippen LogP contribution in [0.2, 0.25) is 0 Å². The summed E-state index contributed by atoms with van der Waals surface area (Å²) in [6.07, 6.45) is 2.42. The van der Waals surface area contributed by atoms with Gasteiger partial charge in [0.1, 0.15) is 0 Å². The summed E-state index contributed by atoms with van der Waals surface area (Å²) in [4.78, 5) is 11.9. The molecule has 0 amide bonds. The van der Waals surface area contributed by atoms with Gasteiger partial charge in [0.25, 0.3) is 0 Å². The molecule has 0 unspecified atom stereocenters. The first-order chi connectivity index (χ1) is 8.77. The fourth-order valence-corrected chi connectivity index (χ4v) is 2.39. The first-order valence-electron chi connectivity index (χ1n) is 6.09. The molecule has 0 spiro atoms. The molecule has 18 heavy (non-hydrogen) atoms. The summed E-state index contributed by atoms with van der Waals surface area (Å²) in [5.74, 6) is 0.225. The summed E-state index contributed by atoms with van der Waals surface area (Å²) < 4.78 is 1.12. The number of halogens is 1. The molecule has 0 heterocycles. The van der Waals surface area contributed by atoms with Gasteiger partial charge in [-0.3, -0.25) is 4.79 Å². The Morgan fingerprint density at radius 3 is 2.33 bits per heavy atom. The molecule has 0 fully saturated rings. The molecule has 0 aliphatic rings. The van der Waals surface area contributed by atoms with E-state index in [0.717, 1.165) is 22.9 Å². The Kier molecular flexibility index (Phi) is 4.71. The number of carbonyl (C=O) groups is 1. The van der Waals surface area contributed by atoms with E-state index in [1.807, 2.05) is 48.5 Å². The zero-order valence-electron chi connectivity index (χ0n) is 10.1. The lowest BCUT2D eigenvalue weighted by Gasteiger charge is -2.04. The van der Waals surface area contributed by atoms with E-state index < -0.39 is 0 Å². The van der Waals surface area contributed by atoms with Gasteiger partial charge in [0.2, 0.25) is 0 Å². The Morgan fingerprint density at radius 1 is 0.944 bits per heavy atom. The fourth-order valence-electron chi connectivity index (χ4n) is 1.91. The van der Waals surface area contributed by atoms with Crippen LogP contribution in [0.1, 0.15) is 28.8 Å². The summed E-state index contributed by atoms with van der Waals surface area (Å²) in [6.45, 7) is 0. The molecule has 92 valence electrons. The third-order valence-electron chi connectivity index (χ3n) is 2.90. The van der Waals surface area contributed by atoms with Crippen LogP contribution in [0, 0.1) is 0 Å². The molecule has 2 aromatic carbocycles. The maximum absolute atomic E-state index is 11.9. The zero-order valence-corrected chi connectivity index (χ0v) is 11.7. The minimum absolute atomic E-state index is 0.225. The molecule has 2 heteroatoms. The van der Waals surface area contributed by atoms with Gasteiger partial charge in [-0.15, -0.1) is 0 Å². The topological polar surface area (TPSA) is 17.1 Å². The number of Topliss-reactive ketones (excluding diaryl/α,β-unsaturated/α-hetero) is 1. The Labute approximate surface area is 116 Å². The van der Waals surface area contributed by atoms with E-state index in [1.54, 1.807) is 0 Å². The molecule has 0 bridgehead atoms. The van der Waals surface area contributed by atoms with Crippen molar-refractivity contribution < 1.29 is 4.79 Å². The van der Waals surface area contributed by atoms with Gasteiger partial charge in [-0.05, 0) is 24.5 Å². The molecule has 0 aliphatic carbocycles. The Morgan fingerprint density at radius 2 is 1.61 bits per heavy atom. The highest BCUT2D eigenvalue weighted by Gasteiger charge is 2.05. The van der Waals surface area contributed by atoms with Crippen LogP contribution in [-0.4, -0.2) is 5.78 Å². The van der Waals surface area contributed by atoms with Crippen molar-refractivity contribution in [3.8, 4) is 0 Å². The van der Waals surface area contributed by atoms with Crippen LogP contribution in [0.3, 0.4) is 0 Å². The van der Waals surface area contributed by atoms with Gasteiger partial charge in [0.15, 0.2) is 5.78 Å². The lowest BCUT2D eigenvalue weighted by Crippen LogP contribution is -1.99. The molecular weight excluding hydrogens is 288 g/mol. The van der Waals surface area contributed by atoms with E-state index in [-0.39, 0.29) is 5.78 Å². The first-order valence-corrected chi connectivity index (χ1v) is 6.88. The summed E-state index contributed by atoms with van der Waals surface area (Å²) in [5.41, 5.74) is 2.07. The lowest BCUT2D eigenvalue weighted by molar-refractivity contribution is 0.0980. The number of rotatable bonds is 5. The van der Waals surface area contributed by atoms with Gasteiger partial charge in [-0.1, -0.05) is 64.5 Å². The molecule has 0 radical (unpaired) electrons. The number of carbonyl (C=O) groups excluding carboxylic acids is 1. The first kappa shape index (κ1) is 13.0. The van der Waals surface area contributed by atoms with Crippen molar-refractivity contribution >= 4 is 21.7 Å². The number of hydrogen-bond acceptors (Lipinski definition) is 1. The predicted molar refractivity (Wildman–Crippen MR) is 77.9 cm³/mol. The van der Waals surface area contributed by atoms with Gasteiger partial charge in [0.05, 0.1) is 0 Å². The molecule has 1 nitrogen and oxygen atoms in total. The Bertz CT molecular complexity index is 520. The summed E-state index contributed by atoms with van der Waals surface area (Å²) >= 11 is 3.52. The van der Waals surface area contributed by atoms with E-state index in [9.17, 15) is 4.79 Å². The smallest absolute Gasteiger partial charge is 0.162 e. The highest BCUT2D eigenvalue weighted by Crippen LogP contribution is 2.18. The second kappa shape index (κ2) is 6.50. The number of hydrogen-bond donors (Lipinski definition) is 0. The molecule has 0 saturated heterocycles. The van der Waals surface area contributed by atoms with Crippen LogP contribution in [0.5, 0.6) is 0 Å². The average Bonchev–Trinajstić information content (AvgIpc) is 2.42. The summed E-state index contributed by atoms with van der Waals surface area (Å²) in [7, 11) is 0. The highest BCUT2D eigenvalue weighted by molar-refractivity contribution is 9.10. The average molecular weight is 303 g/mol. The number of benzene rings is 2. The quantitative estimate of drug-likeness (QED) is 0.735. The van der Waals surface area contributed by atoms with E-state index in [1.165, 1.54) is 5.56 Å². The van der Waals surface area contributed by atoms with E-state index >= 15 is 0 Å². The van der Waals surface area contributed by atoms with E-state index in [0.29, 0.717) is 6.42 Å². The highest BCUT2D eigenvalue weighted by atomic mass is 79.9.